The third-order valence-electron chi connectivity index (χ3n) is 4.48. The average Bonchev–Trinajstić information content (AvgIpc) is 3.24. The smallest absolute Gasteiger partial charge is 0.0894 e. The molecular formula is C20H17Cl2NS3. The fraction of sp³-hybridized carbons (Fsp3) is 0.250. The number of benzene rings is 1. The Bertz CT molecular complexity index is 1120. The monoisotopic (exact) mass is 437 g/mol. The summed E-state index contributed by atoms with van der Waals surface area (Å²) in [6.07, 6.45) is 0.980. The molecule has 0 N–H and O–H groups in total. The maximum atomic E-state index is 6.88. The van der Waals surface area contributed by atoms with Crippen LogP contribution in [0.3, 0.4) is 0 Å². The van der Waals surface area contributed by atoms with Crippen molar-refractivity contribution in [2.45, 2.75) is 27.2 Å². The minimum absolute atomic E-state index is 0.607. The first-order chi connectivity index (χ1) is 12.5. The Hall–Kier alpha value is -0.780. The number of aryl methyl sites for hydroxylation is 2. The van der Waals surface area contributed by atoms with Crippen LogP contribution in [0.4, 0.5) is 0 Å². The number of hydrogen-bond donors (Lipinski definition) is 0. The summed E-state index contributed by atoms with van der Waals surface area (Å²) in [7, 11) is 0. The highest BCUT2D eigenvalue weighted by Gasteiger charge is 2.23. The highest BCUT2D eigenvalue weighted by molar-refractivity contribution is 7.98. The lowest BCUT2D eigenvalue weighted by molar-refractivity contribution is 1.19. The van der Waals surface area contributed by atoms with Gasteiger partial charge in [-0.05, 0) is 71.8 Å². The number of thiophene rings is 2. The molecule has 0 aliphatic carbocycles. The van der Waals surface area contributed by atoms with Gasteiger partial charge in [-0.15, -0.1) is 22.7 Å². The molecule has 0 unspecified atom stereocenters. The predicted molar refractivity (Wildman–Crippen MR) is 120 cm³/mol. The van der Waals surface area contributed by atoms with Crippen LogP contribution in [-0.2, 0) is 0 Å². The van der Waals surface area contributed by atoms with Crippen molar-refractivity contribution in [3.8, 4) is 20.9 Å². The molecule has 0 atom stereocenters. The van der Waals surface area contributed by atoms with Gasteiger partial charge in [0.05, 0.1) is 15.4 Å². The van der Waals surface area contributed by atoms with Crippen LogP contribution >= 0.6 is 57.8 Å². The number of hydrogen-bond acceptors (Lipinski definition) is 4. The second-order valence-electron chi connectivity index (χ2n) is 6.40. The Kier molecular flexibility index (Phi) is 5.23. The zero-order valence-electron chi connectivity index (χ0n) is 14.7. The largest absolute Gasteiger partial charge is 0.215 e. The molecule has 26 heavy (non-hydrogen) atoms. The number of fused-ring (bicyclic) bond motifs is 1. The van der Waals surface area contributed by atoms with E-state index in [2.05, 4.69) is 43.7 Å². The molecule has 3 aromatic rings. The van der Waals surface area contributed by atoms with Gasteiger partial charge in [-0.3, -0.25) is 0 Å². The summed E-state index contributed by atoms with van der Waals surface area (Å²) in [6, 6.07) is 4.35. The Balaban J connectivity index is 2.19. The first-order valence-corrected chi connectivity index (χ1v) is 11.8. The van der Waals surface area contributed by atoms with Crippen molar-refractivity contribution in [1.29, 1.82) is 0 Å². The highest BCUT2D eigenvalue weighted by Crippen LogP contribution is 2.40. The Labute approximate surface area is 175 Å². The normalized spacial score (nSPS) is 13.7. The van der Waals surface area contributed by atoms with Crippen LogP contribution in [0.15, 0.2) is 27.3 Å². The maximum Gasteiger partial charge on any atom is 0.0894 e. The van der Waals surface area contributed by atoms with Gasteiger partial charge >= 0.3 is 0 Å². The lowest BCUT2D eigenvalue weighted by Gasteiger charge is -2.17. The molecule has 0 fully saturated rings. The van der Waals surface area contributed by atoms with E-state index in [1.54, 1.807) is 34.6 Å². The second kappa shape index (κ2) is 7.33. The molecular weight excluding hydrogens is 421 g/mol. The fourth-order valence-electron chi connectivity index (χ4n) is 3.22. The van der Waals surface area contributed by atoms with Gasteiger partial charge in [-0.2, -0.15) is 0 Å². The summed E-state index contributed by atoms with van der Waals surface area (Å²) in [5.74, 6) is 0.904. The van der Waals surface area contributed by atoms with E-state index in [1.165, 1.54) is 21.9 Å². The molecule has 134 valence electrons. The lowest BCUT2D eigenvalue weighted by Crippen LogP contribution is -2.34. The molecule has 3 heterocycles. The molecule has 0 radical (unpaired) electrons. The highest BCUT2D eigenvalue weighted by atomic mass is 35.5. The molecule has 0 spiro atoms. The van der Waals surface area contributed by atoms with E-state index in [0.29, 0.717) is 10.0 Å². The van der Waals surface area contributed by atoms with E-state index in [-0.39, 0.29) is 0 Å². The summed E-state index contributed by atoms with van der Waals surface area (Å²) >= 11 is 18.7. The number of rotatable bonds is 3. The van der Waals surface area contributed by atoms with Crippen LogP contribution in [0.2, 0.25) is 10.0 Å². The van der Waals surface area contributed by atoms with E-state index in [0.717, 1.165) is 38.4 Å². The van der Waals surface area contributed by atoms with Gasteiger partial charge in [0.1, 0.15) is 0 Å². The molecule has 0 bridgehead atoms. The Morgan fingerprint density at radius 1 is 0.962 bits per heavy atom. The minimum atomic E-state index is 0.607. The van der Waals surface area contributed by atoms with Crippen molar-refractivity contribution < 1.29 is 0 Å². The molecule has 0 saturated heterocycles. The number of nitrogens with zero attached hydrogens (tertiary/aromatic N) is 1. The molecule has 1 aliphatic heterocycles. The Morgan fingerprint density at radius 2 is 1.54 bits per heavy atom. The summed E-state index contributed by atoms with van der Waals surface area (Å²) in [6.45, 7) is 6.40. The van der Waals surface area contributed by atoms with Crippen LogP contribution < -0.4 is 10.6 Å². The minimum Gasteiger partial charge on any atom is -0.215 e. The van der Waals surface area contributed by atoms with E-state index < -0.39 is 0 Å². The average molecular weight is 438 g/mol. The van der Waals surface area contributed by atoms with Gasteiger partial charge in [0.15, 0.2) is 0 Å². The molecule has 0 amide bonds. The second-order valence-corrected chi connectivity index (χ2v) is 9.71. The standard InChI is InChI=1S/C20H17Cl2NS3/c1-4-12-9-26-23-20-15(12)16(13-5-10(2)7-24-13)18(21)19(22)17(20)14-6-11(3)8-25-14/h5-8H,4,9H2,1-3H3. The summed E-state index contributed by atoms with van der Waals surface area (Å²) < 4.78 is 4.84. The number of halogens is 2. The van der Waals surface area contributed by atoms with Gasteiger partial charge in [0, 0.05) is 31.9 Å². The van der Waals surface area contributed by atoms with E-state index in [4.69, 9.17) is 27.6 Å². The van der Waals surface area contributed by atoms with E-state index >= 15 is 0 Å². The molecule has 1 aromatic carbocycles. The van der Waals surface area contributed by atoms with Gasteiger partial charge < -0.3 is 0 Å². The van der Waals surface area contributed by atoms with Crippen LogP contribution in [0, 0.1) is 13.8 Å². The summed E-state index contributed by atoms with van der Waals surface area (Å²) in [4.78, 5) is 2.29. The SMILES string of the molecule is CCC1=c2c(-c3cc(C)cs3)c(Cl)c(Cl)c(-c3cc(C)cs3)c2=NSC1. The molecule has 1 aliphatic rings. The zero-order valence-corrected chi connectivity index (χ0v) is 18.6. The topological polar surface area (TPSA) is 12.4 Å². The van der Waals surface area contributed by atoms with Gasteiger partial charge in [-0.1, -0.05) is 30.1 Å². The molecule has 1 nitrogen and oxygen atoms in total. The van der Waals surface area contributed by atoms with E-state index in [1.807, 2.05) is 0 Å². The Morgan fingerprint density at radius 3 is 2.08 bits per heavy atom. The quantitative estimate of drug-likeness (QED) is 0.405. The van der Waals surface area contributed by atoms with Crippen molar-refractivity contribution in [2.75, 3.05) is 5.75 Å². The van der Waals surface area contributed by atoms with Crippen molar-refractivity contribution in [1.82, 2.24) is 0 Å². The third kappa shape index (κ3) is 3.06. The summed E-state index contributed by atoms with van der Waals surface area (Å²) in [5, 5.41) is 7.71. The van der Waals surface area contributed by atoms with Crippen molar-refractivity contribution in [3.05, 3.63) is 54.6 Å². The molecule has 6 heteroatoms. The van der Waals surface area contributed by atoms with Crippen LogP contribution in [-0.4, -0.2) is 5.75 Å². The fourth-order valence-corrected chi connectivity index (χ4v) is 6.70. The first kappa shape index (κ1) is 18.6. The molecule has 4 rings (SSSR count). The van der Waals surface area contributed by atoms with Crippen LogP contribution in [0.1, 0.15) is 24.5 Å². The first-order valence-electron chi connectivity index (χ1n) is 8.35. The van der Waals surface area contributed by atoms with Crippen molar-refractivity contribution >= 4 is 63.4 Å². The van der Waals surface area contributed by atoms with Crippen LogP contribution in [0.5, 0.6) is 0 Å². The lowest BCUT2D eigenvalue weighted by atomic mass is 9.99. The van der Waals surface area contributed by atoms with Gasteiger partial charge in [0.25, 0.3) is 0 Å². The van der Waals surface area contributed by atoms with Crippen molar-refractivity contribution in [3.63, 3.8) is 0 Å². The van der Waals surface area contributed by atoms with Gasteiger partial charge in [0.2, 0.25) is 0 Å². The molecule has 2 aromatic heterocycles. The van der Waals surface area contributed by atoms with E-state index in [9.17, 15) is 0 Å². The third-order valence-corrected chi connectivity index (χ3v) is 8.26. The summed E-state index contributed by atoms with van der Waals surface area (Å²) in [5.41, 5.74) is 5.87. The van der Waals surface area contributed by atoms with Gasteiger partial charge in [-0.25, -0.2) is 4.40 Å². The van der Waals surface area contributed by atoms with Crippen molar-refractivity contribution in [2.24, 2.45) is 4.40 Å². The maximum absolute atomic E-state index is 6.88. The molecule has 0 saturated carbocycles. The van der Waals surface area contributed by atoms with Crippen LogP contribution in [0.25, 0.3) is 26.5 Å². The zero-order chi connectivity index (χ0) is 18.4. The predicted octanol–water partition coefficient (Wildman–Crippen LogP) is 6.91.